The number of benzene rings is 2. The van der Waals surface area contributed by atoms with Crippen LogP contribution in [0.15, 0.2) is 59.1 Å². The summed E-state index contributed by atoms with van der Waals surface area (Å²) in [6.07, 6.45) is 2.57. The highest BCUT2D eigenvalue weighted by Crippen LogP contribution is 2.16. The number of nitrogens with one attached hydrogen (secondary N) is 2. The summed E-state index contributed by atoms with van der Waals surface area (Å²) in [6, 6.07) is 16.7. The summed E-state index contributed by atoms with van der Waals surface area (Å²) in [7, 11) is 0. The number of rotatable bonds is 9. The van der Waals surface area contributed by atoms with Crippen LogP contribution >= 0.6 is 27.7 Å². The van der Waals surface area contributed by atoms with Crippen LogP contribution in [-0.4, -0.2) is 36.4 Å². The van der Waals surface area contributed by atoms with Crippen molar-refractivity contribution in [1.29, 1.82) is 0 Å². The van der Waals surface area contributed by atoms with E-state index >= 15 is 0 Å². The Labute approximate surface area is 173 Å². The van der Waals surface area contributed by atoms with Gasteiger partial charge in [0.1, 0.15) is 6.04 Å². The molecule has 0 unspecified atom stereocenters. The SMILES string of the molecule is CSCC[C@@H](NC(=O)c1ccccc1Br)C(=O)NC[C@@H](C)c1ccccc1. The van der Waals surface area contributed by atoms with Crippen LogP contribution in [0.4, 0.5) is 0 Å². The van der Waals surface area contributed by atoms with Gasteiger partial charge < -0.3 is 10.6 Å². The van der Waals surface area contributed by atoms with Crippen molar-refractivity contribution in [3.8, 4) is 0 Å². The summed E-state index contributed by atoms with van der Waals surface area (Å²) < 4.78 is 0.712. The van der Waals surface area contributed by atoms with Crippen LogP contribution in [0.2, 0.25) is 0 Å². The van der Waals surface area contributed by atoms with Gasteiger partial charge >= 0.3 is 0 Å². The fraction of sp³-hybridized carbons (Fsp3) is 0.333. The Morgan fingerprint density at radius 1 is 1.07 bits per heavy atom. The highest BCUT2D eigenvalue weighted by atomic mass is 79.9. The zero-order chi connectivity index (χ0) is 19.6. The Hall–Kier alpha value is -1.79. The lowest BCUT2D eigenvalue weighted by molar-refractivity contribution is -0.123. The molecule has 2 rings (SSSR count). The average Bonchev–Trinajstić information content (AvgIpc) is 2.69. The van der Waals surface area contributed by atoms with Gasteiger partial charge in [-0.3, -0.25) is 9.59 Å². The van der Waals surface area contributed by atoms with Gasteiger partial charge in [0.05, 0.1) is 5.56 Å². The minimum absolute atomic E-state index is 0.146. The maximum absolute atomic E-state index is 12.7. The molecule has 144 valence electrons. The number of amides is 2. The maximum Gasteiger partial charge on any atom is 0.253 e. The van der Waals surface area contributed by atoms with Crippen LogP contribution in [0.1, 0.15) is 35.2 Å². The Kier molecular flexibility index (Phi) is 8.88. The van der Waals surface area contributed by atoms with Crippen molar-refractivity contribution >= 4 is 39.5 Å². The Morgan fingerprint density at radius 3 is 2.41 bits per heavy atom. The fourth-order valence-corrected chi connectivity index (χ4v) is 3.60. The molecule has 0 bridgehead atoms. The number of halogens is 1. The third kappa shape index (κ3) is 6.70. The lowest BCUT2D eigenvalue weighted by Gasteiger charge is -2.20. The summed E-state index contributed by atoms with van der Waals surface area (Å²) in [5.74, 6) is 0.602. The van der Waals surface area contributed by atoms with E-state index < -0.39 is 6.04 Å². The summed E-state index contributed by atoms with van der Waals surface area (Å²) in [4.78, 5) is 25.3. The van der Waals surface area contributed by atoms with Gasteiger partial charge in [0.25, 0.3) is 5.91 Å². The molecule has 0 aliphatic rings. The molecule has 0 saturated heterocycles. The average molecular weight is 449 g/mol. The predicted molar refractivity (Wildman–Crippen MR) is 116 cm³/mol. The normalized spacial score (nSPS) is 12.9. The molecule has 0 spiro atoms. The zero-order valence-electron chi connectivity index (χ0n) is 15.6. The number of carbonyl (C=O) groups is 2. The van der Waals surface area contributed by atoms with Crippen LogP contribution in [0, 0.1) is 0 Å². The van der Waals surface area contributed by atoms with Gasteiger partial charge in [-0.1, -0.05) is 49.4 Å². The van der Waals surface area contributed by atoms with Gasteiger partial charge in [-0.25, -0.2) is 0 Å². The summed E-state index contributed by atoms with van der Waals surface area (Å²) in [6.45, 7) is 2.61. The number of hydrogen-bond donors (Lipinski definition) is 2. The van der Waals surface area contributed by atoms with E-state index in [1.165, 1.54) is 5.56 Å². The first kappa shape index (κ1) is 21.5. The quantitative estimate of drug-likeness (QED) is 0.603. The second kappa shape index (κ2) is 11.1. The van der Waals surface area contributed by atoms with E-state index in [0.29, 0.717) is 23.0 Å². The van der Waals surface area contributed by atoms with E-state index in [-0.39, 0.29) is 17.7 Å². The second-order valence-corrected chi connectivity index (χ2v) is 8.18. The lowest BCUT2D eigenvalue weighted by Crippen LogP contribution is -2.47. The van der Waals surface area contributed by atoms with Gasteiger partial charge in [0.15, 0.2) is 0 Å². The molecule has 0 aliphatic heterocycles. The predicted octanol–water partition coefficient (Wildman–Crippen LogP) is 4.22. The van der Waals surface area contributed by atoms with Gasteiger partial charge in [-0.2, -0.15) is 11.8 Å². The van der Waals surface area contributed by atoms with Crippen molar-refractivity contribution in [3.05, 3.63) is 70.2 Å². The molecule has 2 aromatic rings. The molecule has 0 aromatic heterocycles. The monoisotopic (exact) mass is 448 g/mol. The van der Waals surface area contributed by atoms with E-state index in [4.69, 9.17) is 0 Å². The molecule has 0 heterocycles. The molecular weight excluding hydrogens is 424 g/mol. The Morgan fingerprint density at radius 2 is 1.74 bits per heavy atom. The molecule has 27 heavy (non-hydrogen) atoms. The van der Waals surface area contributed by atoms with Crippen LogP contribution in [0.3, 0.4) is 0 Å². The molecule has 6 heteroatoms. The van der Waals surface area contributed by atoms with Crippen molar-refractivity contribution in [2.24, 2.45) is 0 Å². The Bertz CT molecular complexity index is 755. The minimum Gasteiger partial charge on any atom is -0.354 e. The summed E-state index contributed by atoms with van der Waals surface area (Å²) in [5.41, 5.74) is 1.70. The van der Waals surface area contributed by atoms with E-state index in [2.05, 4.69) is 45.6 Å². The third-order valence-electron chi connectivity index (χ3n) is 4.30. The van der Waals surface area contributed by atoms with Crippen LogP contribution in [0.5, 0.6) is 0 Å². The van der Waals surface area contributed by atoms with Crippen LogP contribution < -0.4 is 10.6 Å². The smallest absolute Gasteiger partial charge is 0.253 e. The number of hydrogen-bond acceptors (Lipinski definition) is 3. The molecule has 0 saturated carbocycles. The van der Waals surface area contributed by atoms with Crippen molar-refractivity contribution in [2.45, 2.75) is 25.3 Å². The molecule has 2 amide bonds. The van der Waals surface area contributed by atoms with Crippen molar-refractivity contribution in [1.82, 2.24) is 10.6 Å². The molecule has 2 aromatic carbocycles. The zero-order valence-corrected chi connectivity index (χ0v) is 18.0. The highest BCUT2D eigenvalue weighted by molar-refractivity contribution is 9.10. The fourth-order valence-electron chi connectivity index (χ4n) is 2.66. The lowest BCUT2D eigenvalue weighted by atomic mass is 10.0. The highest BCUT2D eigenvalue weighted by Gasteiger charge is 2.22. The molecule has 2 atom stereocenters. The third-order valence-corrected chi connectivity index (χ3v) is 5.64. The standard InChI is InChI=1S/C21H25BrN2O2S/c1-15(16-8-4-3-5-9-16)14-23-21(26)19(12-13-27-2)24-20(25)17-10-6-7-11-18(17)22/h3-11,15,19H,12-14H2,1-2H3,(H,23,26)(H,24,25)/t15-,19-/m1/s1. The second-order valence-electron chi connectivity index (χ2n) is 6.34. The summed E-state index contributed by atoms with van der Waals surface area (Å²) >= 11 is 5.04. The van der Waals surface area contributed by atoms with Gasteiger partial charge in [-0.15, -0.1) is 0 Å². The minimum atomic E-state index is -0.556. The van der Waals surface area contributed by atoms with E-state index in [0.717, 1.165) is 5.75 Å². The van der Waals surface area contributed by atoms with Crippen LogP contribution in [0.25, 0.3) is 0 Å². The topological polar surface area (TPSA) is 58.2 Å². The molecule has 2 N–H and O–H groups in total. The van der Waals surface area contributed by atoms with E-state index in [1.807, 2.05) is 36.6 Å². The number of thioether (sulfide) groups is 1. The largest absolute Gasteiger partial charge is 0.354 e. The number of carbonyl (C=O) groups excluding carboxylic acids is 2. The molecule has 4 nitrogen and oxygen atoms in total. The van der Waals surface area contributed by atoms with Gasteiger partial charge in [-0.05, 0) is 58.0 Å². The molecule has 0 fully saturated rings. The van der Waals surface area contributed by atoms with Crippen molar-refractivity contribution < 1.29 is 9.59 Å². The summed E-state index contributed by atoms with van der Waals surface area (Å²) in [5, 5.41) is 5.86. The van der Waals surface area contributed by atoms with E-state index in [9.17, 15) is 9.59 Å². The Balaban J connectivity index is 1.98. The van der Waals surface area contributed by atoms with Crippen LogP contribution in [-0.2, 0) is 4.79 Å². The molecule has 0 aliphatic carbocycles. The van der Waals surface area contributed by atoms with E-state index in [1.54, 1.807) is 23.9 Å². The van der Waals surface area contributed by atoms with Gasteiger partial charge in [0, 0.05) is 11.0 Å². The first-order valence-corrected chi connectivity index (χ1v) is 11.1. The maximum atomic E-state index is 12.7. The van der Waals surface area contributed by atoms with Crippen molar-refractivity contribution in [3.63, 3.8) is 0 Å². The first-order chi connectivity index (χ1) is 13.0. The molecule has 0 radical (unpaired) electrons. The van der Waals surface area contributed by atoms with Crippen molar-refractivity contribution in [2.75, 3.05) is 18.6 Å². The van der Waals surface area contributed by atoms with Gasteiger partial charge in [0.2, 0.25) is 5.91 Å². The molecular formula is C21H25BrN2O2S. The first-order valence-electron chi connectivity index (χ1n) is 8.90.